The van der Waals surface area contributed by atoms with Gasteiger partial charge < -0.3 is 9.88 Å². The Morgan fingerprint density at radius 2 is 1.88 bits per heavy atom. The summed E-state index contributed by atoms with van der Waals surface area (Å²) in [5.74, 6) is -0.146. The van der Waals surface area contributed by atoms with Gasteiger partial charge in [0.25, 0.3) is 11.5 Å². The minimum Gasteiger partial charge on any atom is -0.352 e. The van der Waals surface area contributed by atoms with Gasteiger partial charge in [0.15, 0.2) is 0 Å². The van der Waals surface area contributed by atoms with Gasteiger partial charge in [-0.15, -0.1) is 10.2 Å². The lowest BCUT2D eigenvalue weighted by molar-refractivity contribution is 0.0952. The largest absolute Gasteiger partial charge is 0.352 e. The number of hydrogen-bond donors (Lipinski definition) is 1. The Balaban J connectivity index is 1.56. The SMILES string of the molecule is Cc1cccc(=O)n1CCCNC(=O)c1cccc(-n2cnnc2)c1. The number of hydrogen-bond acceptors (Lipinski definition) is 4. The topological polar surface area (TPSA) is 81.8 Å². The second-order valence-corrected chi connectivity index (χ2v) is 5.69. The van der Waals surface area contributed by atoms with Crippen molar-refractivity contribution in [2.24, 2.45) is 0 Å². The second kappa shape index (κ2) is 7.57. The summed E-state index contributed by atoms with van der Waals surface area (Å²) in [5, 5.41) is 10.4. The molecule has 3 aromatic rings. The molecule has 0 unspecified atom stereocenters. The van der Waals surface area contributed by atoms with Crippen molar-refractivity contribution in [2.75, 3.05) is 6.54 Å². The zero-order valence-electron chi connectivity index (χ0n) is 13.9. The highest BCUT2D eigenvalue weighted by molar-refractivity contribution is 5.94. The summed E-state index contributed by atoms with van der Waals surface area (Å²) in [6.07, 6.45) is 3.84. The van der Waals surface area contributed by atoms with Crippen molar-refractivity contribution >= 4 is 5.91 Å². The van der Waals surface area contributed by atoms with Gasteiger partial charge in [-0.05, 0) is 37.6 Å². The first-order valence-electron chi connectivity index (χ1n) is 8.05. The van der Waals surface area contributed by atoms with Crippen LogP contribution in [0.15, 0.2) is 59.9 Å². The Hall–Kier alpha value is -3.22. The van der Waals surface area contributed by atoms with E-state index < -0.39 is 0 Å². The van der Waals surface area contributed by atoms with E-state index in [0.717, 1.165) is 11.4 Å². The van der Waals surface area contributed by atoms with Crippen LogP contribution in [-0.4, -0.2) is 31.8 Å². The normalized spacial score (nSPS) is 10.6. The molecular formula is C18H19N5O2. The third-order valence-corrected chi connectivity index (χ3v) is 3.94. The fourth-order valence-electron chi connectivity index (χ4n) is 2.59. The number of aryl methyl sites for hydroxylation is 1. The molecule has 0 atom stereocenters. The van der Waals surface area contributed by atoms with Gasteiger partial charge in [0, 0.05) is 36.1 Å². The van der Waals surface area contributed by atoms with Crippen molar-refractivity contribution in [2.45, 2.75) is 19.9 Å². The summed E-state index contributed by atoms with van der Waals surface area (Å²) in [6.45, 7) is 2.97. The van der Waals surface area contributed by atoms with Crippen LogP contribution in [0, 0.1) is 6.92 Å². The van der Waals surface area contributed by atoms with Crippen molar-refractivity contribution in [3.05, 3.63) is 76.7 Å². The Kier molecular flexibility index (Phi) is 5.03. The molecule has 0 radical (unpaired) electrons. The van der Waals surface area contributed by atoms with Crippen LogP contribution in [0.25, 0.3) is 5.69 Å². The van der Waals surface area contributed by atoms with Crippen molar-refractivity contribution in [3.63, 3.8) is 0 Å². The van der Waals surface area contributed by atoms with E-state index in [2.05, 4.69) is 15.5 Å². The Morgan fingerprint density at radius 1 is 1.12 bits per heavy atom. The lowest BCUT2D eigenvalue weighted by Gasteiger charge is -2.10. The van der Waals surface area contributed by atoms with Gasteiger partial charge in [-0.2, -0.15) is 0 Å². The Labute approximate surface area is 144 Å². The van der Waals surface area contributed by atoms with Crippen LogP contribution in [-0.2, 0) is 6.54 Å². The summed E-state index contributed by atoms with van der Waals surface area (Å²) >= 11 is 0. The highest BCUT2D eigenvalue weighted by Gasteiger charge is 2.07. The molecule has 0 aliphatic heterocycles. The summed E-state index contributed by atoms with van der Waals surface area (Å²) in [6, 6.07) is 12.4. The molecule has 0 saturated heterocycles. The molecule has 1 aromatic carbocycles. The number of carbonyl (C=O) groups is 1. The van der Waals surface area contributed by atoms with E-state index in [4.69, 9.17) is 0 Å². The van der Waals surface area contributed by atoms with Crippen LogP contribution >= 0.6 is 0 Å². The van der Waals surface area contributed by atoms with Gasteiger partial charge in [0.05, 0.1) is 0 Å². The molecule has 128 valence electrons. The highest BCUT2D eigenvalue weighted by atomic mass is 16.1. The van der Waals surface area contributed by atoms with Gasteiger partial charge in [-0.1, -0.05) is 12.1 Å². The van der Waals surface area contributed by atoms with Crippen LogP contribution in [0.2, 0.25) is 0 Å². The minimum atomic E-state index is -0.146. The van der Waals surface area contributed by atoms with Crippen molar-refractivity contribution in [1.82, 2.24) is 24.6 Å². The first kappa shape index (κ1) is 16.6. The van der Waals surface area contributed by atoms with E-state index in [1.54, 1.807) is 46.1 Å². The molecule has 1 amide bonds. The first-order chi connectivity index (χ1) is 12.1. The van der Waals surface area contributed by atoms with Gasteiger partial charge in [-0.3, -0.25) is 14.2 Å². The standard InChI is InChI=1S/C18H19N5O2/c1-14-5-2-8-17(24)23(14)10-4-9-19-18(25)15-6-3-7-16(11-15)22-12-20-21-13-22/h2-3,5-8,11-13H,4,9-10H2,1H3,(H,19,25). The molecule has 25 heavy (non-hydrogen) atoms. The van der Waals surface area contributed by atoms with Crippen molar-refractivity contribution in [1.29, 1.82) is 0 Å². The number of nitrogens with one attached hydrogen (secondary N) is 1. The minimum absolute atomic E-state index is 0.0204. The number of carbonyl (C=O) groups excluding carboxylic acids is 1. The molecular weight excluding hydrogens is 318 g/mol. The van der Waals surface area contributed by atoms with E-state index in [1.807, 2.05) is 25.1 Å². The fourth-order valence-corrected chi connectivity index (χ4v) is 2.59. The molecule has 0 fully saturated rings. The Morgan fingerprint density at radius 3 is 2.64 bits per heavy atom. The molecule has 2 aromatic heterocycles. The summed E-state index contributed by atoms with van der Waals surface area (Å²) in [7, 11) is 0. The van der Waals surface area contributed by atoms with E-state index in [9.17, 15) is 9.59 Å². The number of aromatic nitrogens is 4. The second-order valence-electron chi connectivity index (χ2n) is 5.69. The molecule has 0 spiro atoms. The van der Waals surface area contributed by atoms with Crippen LogP contribution in [0.4, 0.5) is 0 Å². The Bertz CT molecular complexity index is 915. The van der Waals surface area contributed by atoms with E-state index in [0.29, 0.717) is 25.1 Å². The third kappa shape index (κ3) is 4.00. The zero-order chi connectivity index (χ0) is 17.6. The molecule has 7 nitrogen and oxygen atoms in total. The van der Waals surface area contributed by atoms with E-state index in [1.165, 1.54) is 0 Å². The van der Waals surface area contributed by atoms with Crippen LogP contribution < -0.4 is 10.9 Å². The molecule has 3 rings (SSSR count). The molecule has 0 bridgehead atoms. The van der Waals surface area contributed by atoms with Crippen LogP contribution in [0.1, 0.15) is 22.5 Å². The molecule has 7 heteroatoms. The van der Waals surface area contributed by atoms with Gasteiger partial charge in [0.1, 0.15) is 12.7 Å². The lowest BCUT2D eigenvalue weighted by Crippen LogP contribution is -2.27. The number of pyridine rings is 1. The van der Waals surface area contributed by atoms with Crippen LogP contribution in [0.5, 0.6) is 0 Å². The monoisotopic (exact) mass is 337 g/mol. The summed E-state index contributed by atoms with van der Waals surface area (Å²) in [5.41, 5.74) is 2.29. The predicted molar refractivity (Wildman–Crippen MR) is 93.7 cm³/mol. The lowest BCUT2D eigenvalue weighted by atomic mass is 10.2. The van der Waals surface area contributed by atoms with Gasteiger partial charge in [0.2, 0.25) is 0 Å². The predicted octanol–water partition coefficient (Wildman–Crippen LogP) is 1.56. The number of benzene rings is 1. The van der Waals surface area contributed by atoms with Crippen molar-refractivity contribution < 1.29 is 4.79 Å². The maximum Gasteiger partial charge on any atom is 0.251 e. The molecule has 1 N–H and O–H groups in total. The van der Waals surface area contributed by atoms with Crippen LogP contribution in [0.3, 0.4) is 0 Å². The number of rotatable bonds is 6. The fraction of sp³-hybridized carbons (Fsp3) is 0.222. The smallest absolute Gasteiger partial charge is 0.251 e. The number of amides is 1. The maximum absolute atomic E-state index is 12.3. The zero-order valence-corrected chi connectivity index (χ0v) is 13.9. The van der Waals surface area contributed by atoms with Gasteiger partial charge >= 0.3 is 0 Å². The third-order valence-electron chi connectivity index (χ3n) is 3.94. The summed E-state index contributed by atoms with van der Waals surface area (Å²) < 4.78 is 3.44. The molecule has 2 heterocycles. The average molecular weight is 337 g/mol. The quantitative estimate of drug-likeness (QED) is 0.692. The van der Waals surface area contributed by atoms with Gasteiger partial charge in [-0.25, -0.2) is 0 Å². The molecule has 0 saturated carbocycles. The highest BCUT2D eigenvalue weighted by Crippen LogP contribution is 2.09. The molecule has 0 aliphatic carbocycles. The first-order valence-corrected chi connectivity index (χ1v) is 8.05. The van der Waals surface area contributed by atoms with Crippen molar-refractivity contribution in [3.8, 4) is 5.69 Å². The maximum atomic E-state index is 12.3. The van der Waals surface area contributed by atoms with E-state index in [-0.39, 0.29) is 11.5 Å². The summed E-state index contributed by atoms with van der Waals surface area (Å²) in [4.78, 5) is 24.1. The average Bonchev–Trinajstić information content (AvgIpc) is 3.15. The number of nitrogens with zero attached hydrogens (tertiary/aromatic N) is 4. The van der Waals surface area contributed by atoms with E-state index >= 15 is 0 Å². The molecule has 0 aliphatic rings.